The fraction of sp³-hybridized carbons (Fsp3) is 0.133. The highest BCUT2D eigenvalue weighted by molar-refractivity contribution is 5.99. The van der Waals surface area contributed by atoms with Crippen LogP contribution in [0.4, 0.5) is 5.69 Å². The van der Waals surface area contributed by atoms with Crippen LogP contribution in [0, 0.1) is 10.1 Å². The zero-order chi connectivity index (χ0) is 15.9. The van der Waals surface area contributed by atoms with Crippen molar-refractivity contribution in [2.45, 2.75) is 13.5 Å². The van der Waals surface area contributed by atoms with Crippen molar-refractivity contribution in [3.05, 3.63) is 70.5 Å². The van der Waals surface area contributed by atoms with Gasteiger partial charge in [0.15, 0.2) is 12.4 Å². The largest absolute Gasteiger partial charge is 0.305 e. The van der Waals surface area contributed by atoms with Gasteiger partial charge in [-0.15, -0.1) is 0 Å². The summed E-state index contributed by atoms with van der Waals surface area (Å²) < 4.78 is 1.72. The fourth-order valence-electron chi connectivity index (χ4n) is 1.80. The van der Waals surface area contributed by atoms with E-state index in [0.29, 0.717) is 11.3 Å². The highest BCUT2D eigenvalue weighted by atomic mass is 16.6. The topological polar surface area (TPSA) is 88.5 Å². The van der Waals surface area contributed by atoms with Gasteiger partial charge in [0.05, 0.1) is 10.6 Å². The van der Waals surface area contributed by atoms with Gasteiger partial charge in [-0.2, -0.15) is 9.67 Å². The average Bonchev–Trinajstić information content (AvgIpc) is 2.53. The predicted octanol–water partition coefficient (Wildman–Crippen LogP) is 1.42. The molecule has 0 saturated carbocycles. The number of aromatic nitrogens is 1. The van der Waals surface area contributed by atoms with Gasteiger partial charge in [0.1, 0.15) is 0 Å². The molecule has 1 amide bonds. The molecule has 0 bridgehead atoms. The molecule has 2 aromatic rings. The SMILES string of the molecule is C/C(=N\NC(=O)C[n+]1ccccc1)c1cccc([N+](=O)[O-])c1. The monoisotopic (exact) mass is 299 g/mol. The van der Waals surface area contributed by atoms with E-state index in [4.69, 9.17) is 0 Å². The molecule has 7 heteroatoms. The Labute approximate surface area is 127 Å². The Morgan fingerprint density at radius 2 is 2.00 bits per heavy atom. The van der Waals surface area contributed by atoms with Gasteiger partial charge in [-0.25, -0.2) is 5.43 Å². The van der Waals surface area contributed by atoms with Crippen molar-refractivity contribution in [2.24, 2.45) is 5.10 Å². The summed E-state index contributed by atoms with van der Waals surface area (Å²) in [7, 11) is 0. The number of carbonyl (C=O) groups is 1. The van der Waals surface area contributed by atoms with E-state index in [1.165, 1.54) is 12.1 Å². The van der Waals surface area contributed by atoms with Crippen LogP contribution >= 0.6 is 0 Å². The standard InChI is InChI=1S/C15H14N4O3/c1-12(13-6-5-7-14(10-13)19(21)22)16-17-15(20)11-18-8-3-2-4-9-18/h2-10H,11H2,1H3/p+1/b16-12+. The number of hydrogen-bond donors (Lipinski definition) is 1. The molecule has 0 aliphatic heterocycles. The van der Waals surface area contributed by atoms with Crippen molar-refractivity contribution < 1.29 is 14.3 Å². The second kappa shape index (κ2) is 7.07. The third-order valence-electron chi connectivity index (χ3n) is 2.93. The van der Waals surface area contributed by atoms with E-state index in [1.807, 2.05) is 18.2 Å². The number of hydrazone groups is 1. The predicted molar refractivity (Wildman–Crippen MR) is 80.1 cm³/mol. The van der Waals surface area contributed by atoms with Crippen LogP contribution in [0.25, 0.3) is 0 Å². The molecular formula is C15H15N4O3+. The lowest BCUT2D eigenvalue weighted by atomic mass is 10.1. The quantitative estimate of drug-likeness (QED) is 0.392. The van der Waals surface area contributed by atoms with E-state index in [-0.39, 0.29) is 18.1 Å². The second-order valence-electron chi connectivity index (χ2n) is 4.59. The Balaban J connectivity index is 2.02. The summed E-state index contributed by atoms with van der Waals surface area (Å²) in [6.45, 7) is 1.82. The molecule has 2 rings (SSSR count). The smallest absolute Gasteiger partial charge is 0.266 e. The van der Waals surface area contributed by atoms with Gasteiger partial charge in [-0.05, 0) is 6.92 Å². The summed E-state index contributed by atoms with van der Waals surface area (Å²) in [5.74, 6) is -0.277. The molecule has 22 heavy (non-hydrogen) atoms. The number of amides is 1. The number of non-ortho nitro benzene ring substituents is 1. The number of carbonyl (C=O) groups excluding carboxylic acids is 1. The van der Waals surface area contributed by atoms with Gasteiger partial charge in [0.25, 0.3) is 5.69 Å². The van der Waals surface area contributed by atoms with E-state index >= 15 is 0 Å². The molecule has 0 atom stereocenters. The maximum Gasteiger partial charge on any atom is 0.305 e. The number of nitro groups is 1. The Bertz CT molecular complexity index is 714. The molecule has 0 unspecified atom stereocenters. The lowest BCUT2D eigenvalue weighted by Gasteiger charge is -2.02. The summed E-state index contributed by atoms with van der Waals surface area (Å²) in [5, 5.41) is 14.7. The first kappa shape index (κ1) is 15.3. The summed E-state index contributed by atoms with van der Waals surface area (Å²) in [4.78, 5) is 22.0. The van der Waals surface area contributed by atoms with E-state index in [0.717, 1.165) is 0 Å². The highest BCUT2D eigenvalue weighted by Gasteiger charge is 2.09. The lowest BCUT2D eigenvalue weighted by Crippen LogP contribution is -2.41. The minimum Gasteiger partial charge on any atom is -0.266 e. The summed E-state index contributed by atoms with van der Waals surface area (Å²) in [6.07, 6.45) is 3.55. The number of pyridine rings is 1. The molecule has 0 aliphatic carbocycles. The number of hydrogen-bond acceptors (Lipinski definition) is 4. The van der Waals surface area contributed by atoms with E-state index < -0.39 is 4.92 Å². The van der Waals surface area contributed by atoms with Gasteiger partial charge in [-0.1, -0.05) is 18.2 Å². The van der Waals surface area contributed by atoms with Crippen LogP contribution in [0.2, 0.25) is 0 Å². The molecule has 1 N–H and O–H groups in total. The van der Waals surface area contributed by atoms with E-state index in [9.17, 15) is 14.9 Å². The molecule has 0 aliphatic rings. The Hall–Kier alpha value is -3.09. The first-order chi connectivity index (χ1) is 10.6. The Kier molecular flexibility index (Phi) is 4.92. The highest BCUT2D eigenvalue weighted by Crippen LogP contribution is 2.13. The molecule has 112 valence electrons. The maximum atomic E-state index is 11.8. The van der Waals surface area contributed by atoms with Gasteiger partial charge >= 0.3 is 5.91 Å². The minimum atomic E-state index is -0.471. The number of benzene rings is 1. The van der Waals surface area contributed by atoms with Crippen LogP contribution in [-0.2, 0) is 11.3 Å². The number of nitrogens with zero attached hydrogens (tertiary/aromatic N) is 3. The molecule has 1 aromatic carbocycles. The summed E-state index contributed by atoms with van der Waals surface area (Å²) >= 11 is 0. The third-order valence-corrected chi connectivity index (χ3v) is 2.93. The Morgan fingerprint density at radius 3 is 2.68 bits per heavy atom. The number of nitro benzene ring substituents is 1. The zero-order valence-corrected chi connectivity index (χ0v) is 12.0. The molecule has 1 aromatic heterocycles. The molecule has 0 spiro atoms. The van der Waals surface area contributed by atoms with Gasteiger partial charge in [-0.3, -0.25) is 14.9 Å². The summed E-state index contributed by atoms with van der Waals surface area (Å²) in [6, 6.07) is 11.6. The fourth-order valence-corrected chi connectivity index (χ4v) is 1.80. The lowest BCUT2D eigenvalue weighted by molar-refractivity contribution is -0.684. The van der Waals surface area contributed by atoms with Gasteiger partial charge in [0.2, 0.25) is 6.54 Å². The molecule has 1 heterocycles. The zero-order valence-electron chi connectivity index (χ0n) is 12.0. The van der Waals surface area contributed by atoms with Crippen molar-refractivity contribution >= 4 is 17.3 Å². The molecular weight excluding hydrogens is 284 g/mol. The van der Waals surface area contributed by atoms with E-state index in [1.54, 1.807) is 36.0 Å². The van der Waals surface area contributed by atoms with Crippen molar-refractivity contribution in [1.29, 1.82) is 0 Å². The molecule has 0 radical (unpaired) electrons. The van der Waals surface area contributed by atoms with Crippen molar-refractivity contribution in [3.8, 4) is 0 Å². The van der Waals surface area contributed by atoms with Crippen molar-refractivity contribution in [3.63, 3.8) is 0 Å². The van der Waals surface area contributed by atoms with Gasteiger partial charge in [0, 0.05) is 29.8 Å². The van der Waals surface area contributed by atoms with Crippen LogP contribution < -0.4 is 9.99 Å². The third kappa shape index (κ3) is 4.20. The molecule has 0 saturated heterocycles. The van der Waals surface area contributed by atoms with Crippen LogP contribution in [0.15, 0.2) is 60.0 Å². The van der Waals surface area contributed by atoms with Crippen LogP contribution in [0.1, 0.15) is 12.5 Å². The normalized spacial score (nSPS) is 11.0. The van der Waals surface area contributed by atoms with E-state index in [2.05, 4.69) is 10.5 Å². The van der Waals surface area contributed by atoms with Crippen molar-refractivity contribution in [2.75, 3.05) is 0 Å². The number of nitrogens with one attached hydrogen (secondary N) is 1. The molecule has 0 fully saturated rings. The Morgan fingerprint density at radius 1 is 1.27 bits per heavy atom. The first-order valence-corrected chi connectivity index (χ1v) is 6.58. The minimum absolute atomic E-state index is 0.0155. The maximum absolute atomic E-state index is 11.8. The van der Waals surface area contributed by atoms with Gasteiger partial charge < -0.3 is 0 Å². The molecule has 7 nitrogen and oxygen atoms in total. The first-order valence-electron chi connectivity index (χ1n) is 6.58. The summed E-state index contributed by atoms with van der Waals surface area (Å²) in [5.41, 5.74) is 3.50. The van der Waals surface area contributed by atoms with Crippen molar-refractivity contribution in [1.82, 2.24) is 5.43 Å². The second-order valence-corrected chi connectivity index (χ2v) is 4.59. The number of rotatable bonds is 5. The van der Waals surface area contributed by atoms with Crippen LogP contribution in [-0.4, -0.2) is 16.5 Å². The van der Waals surface area contributed by atoms with Crippen LogP contribution in [0.3, 0.4) is 0 Å². The van der Waals surface area contributed by atoms with Crippen LogP contribution in [0.5, 0.6) is 0 Å². The average molecular weight is 299 g/mol.